The second-order valence-electron chi connectivity index (χ2n) is 7.78. The molecule has 0 aliphatic carbocycles. The Hall–Kier alpha value is -3.28. The zero-order valence-electron chi connectivity index (χ0n) is 17.7. The van der Waals surface area contributed by atoms with Gasteiger partial charge < -0.3 is 19.3 Å². The van der Waals surface area contributed by atoms with Gasteiger partial charge in [0.2, 0.25) is 11.8 Å². The maximum atomic E-state index is 12.5. The van der Waals surface area contributed by atoms with Crippen LogP contribution in [-0.2, 0) is 16.0 Å². The van der Waals surface area contributed by atoms with Crippen LogP contribution in [0.3, 0.4) is 0 Å². The Kier molecular flexibility index (Phi) is 6.87. The van der Waals surface area contributed by atoms with E-state index in [2.05, 4.69) is 12.1 Å². The molecule has 0 N–H and O–H groups in total. The SMILES string of the molecule is O=C(/C=C/c1ccc2c(c1)OCCO2)N1CCN(C(=O)CCCc2ccccc2)CC1. The number of fused-ring (bicyclic) bond motifs is 1. The smallest absolute Gasteiger partial charge is 0.246 e. The van der Waals surface area contributed by atoms with Gasteiger partial charge in [0.15, 0.2) is 11.5 Å². The molecule has 0 atom stereocenters. The molecule has 0 bridgehead atoms. The molecule has 2 amide bonds. The Balaban J connectivity index is 1.21. The lowest BCUT2D eigenvalue weighted by Gasteiger charge is -2.34. The van der Waals surface area contributed by atoms with Crippen LogP contribution in [0.25, 0.3) is 6.08 Å². The van der Waals surface area contributed by atoms with E-state index in [-0.39, 0.29) is 11.8 Å². The number of carbonyl (C=O) groups excluding carboxylic acids is 2. The van der Waals surface area contributed by atoms with Gasteiger partial charge in [-0.05, 0) is 42.2 Å². The van der Waals surface area contributed by atoms with E-state index in [0.717, 1.165) is 24.2 Å². The summed E-state index contributed by atoms with van der Waals surface area (Å²) in [5.74, 6) is 1.58. The van der Waals surface area contributed by atoms with Crippen molar-refractivity contribution in [3.63, 3.8) is 0 Å². The Morgan fingerprint density at radius 1 is 0.871 bits per heavy atom. The van der Waals surface area contributed by atoms with Gasteiger partial charge in [0.25, 0.3) is 0 Å². The zero-order chi connectivity index (χ0) is 21.5. The fourth-order valence-electron chi connectivity index (χ4n) is 3.86. The number of piperazine rings is 1. The summed E-state index contributed by atoms with van der Waals surface area (Å²) in [7, 11) is 0. The predicted molar refractivity (Wildman–Crippen MR) is 119 cm³/mol. The largest absolute Gasteiger partial charge is 0.486 e. The number of rotatable bonds is 6. The molecule has 1 saturated heterocycles. The topological polar surface area (TPSA) is 59.1 Å². The van der Waals surface area contributed by atoms with E-state index >= 15 is 0 Å². The molecular weight excluding hydrogens is 392 g/mol. The maximum Gasteiger partial charge on any atom is 0.246 e. The second kappa shape index (κ2) is 10.2. The minimum absolute atomic E-state index is 0.0361. The van der Waals surface area contributed by atoms with E-state index in [0.29, 0.717) is 51.6 Å². The Bertz CT molecular complexity index is 934. The zero-order valence-corrected chi connectivity index (χ0v) is 17.7. The molecule has 0 radical (unpaired) electrons. The fraction of sp³-hybridized carbons (Fsp3) is 0.360. The van der Waals surface area contributed by atoms with Crippen molar-refractivity contribution in [2.45, 2.75) is 19.3 Å². The van der Waals surface area contributed by atoms with E-state index in [1.165, 1.54) is 5.56 Å². The van der Waals surface area contributed by atoms with Crippen LogP contribution in [0.2, 0.25) is 0 Å². The lowest BCUT2D eigenvalue weighted by molar-refractivity contribution is -0.137. The molecule has 2 aromatic carbocycles. The summed E-state index contributed by atoms with van der Waals surface area (Å²) in [6, 6.07) is 15.9. The van der Waals surface area contributed by atoms with E-state index in [1.54, 1.807) is 17.1 Å². The normalized spacial score (nSPS) is 15.9. The molecule has 2 aliphatic heterocycles. The number of benzene rings is 2. The molecule has 2 aliphatic rings. The van der Waals surface area contributed by atoms with Crippen LogP contribution in [0.1, 0.15) is 24.0 Å². The highest BCUT2D eigenvalue weighted by Gasteiger charge is 2.22. The molecule has 1 fully saturated rings. The summed E-state index contributed by atoms with van der Waals surface area (Å²) in [5.41, 5.74) is 2.15. The average molecular weight is 421 g/mol. The number of hydrogen-bond donors (Lipinski definition) is 0. The van der Waals surface area contributed by atoms with E-state index in [4.69, 9.17) is 9.47 Å². The van der Waals surface area contributed by atoms with Gasteiger partial charge in [-0.15, -0.1) is 0 Å². The van der Waals surface area contributed by atoms with Crippen LogP contribution in [0.4, 0.5) is 0 Å². The van der Waals surface area contributed by atoms with Crippen molar-refractivity contribution in [2.24, 2.45) is 0 Å². The van der Waals surface area contributed by atoms with Gasteiger partial charge in [-0.3, -0.25) is 9.59 Å². The van der Waals surface area contributed by atoms with Crippen LogP contribution in [0.5, 0.6) is 11.5 Å². The van der Waals surface area contributed by atoms with E-state index in [9.17, 15) is 9.59 Å². The van der Waals surface area contributed by atoms with Crippen LogP contribution in [0, 0.1) is 0 Å². The van der Waals surface area contributed by atoms with Gasteiger partial charge in [0.1, 0.15) is 13.2 Å². The number of carbonyl (C=O) groups is 2. The van der Waals surface area contributed by atoms with Crippen molar-refractivity contribution < 1.29 is 19.1 Å². The lowest BCUT2D eigenvalue weighted by atomic mass is 10.1. The molecular formula is C25H28N2O4. The summed E-state index contributed by atoms with van der Waals surface area (Å²) in [5, 5.41) is 0. The van der Waals surface area contributed by atoms with Crippen molar-refractivity contribution in [2.75, 3.05) is 39.4 Å². The highest BCUT2D eigenvalue weighted by Crippen LogP contribution is 2.31. The van der Waals surface area contributed by atoms with Crippen LogP contribution >= 0.6 is 0 Å². The van der Waals surface area contributed by atoms with Gasteiger partial charge >= 0.3 is 0 Å². The molecule has 6 heteroatoms. The van der Waals surface area contributed by atoms with Gasteiger partial charge in [-0.2, -0.15) is 0 Å². The van der Waals surface area contributed by atoms with Gasteiger partial charge in [0, 0.05) is 38.7 Å². The van der Waals surface area contributed by atoms with Crippen molar-refractivity contribution in [3.8, 4) is 11.5 Å². The molecule has 0 spiro atoms. The minimum atomic E-state index is -0.0361. The maximum absolute atomic E-state index is 12.5. The standard InChI is InChI=1S/C25H28N2O4/c28-24(8-4-7-20-5-2-1-3-6-20)26-13-15-27(16-14-26)25(29)12-10-21-9-11-22-23(19-21)31-18-17-30-22/h1-3,5-6,9-12,19H,4,7-8,13-18H2/b12-10+. The number of nitrogens with zero attached hydrogens (tertiary/aromatic N) is 2. The van der Waals surface area contributed by atoms with Crippen LogP contribution < -0.4 is 9.47 Å². The number of ether oxygens (including phenoxy) is 2. The molecule has 2 aromatic rings. The molecule has 2 heterocycles. The van der Waals surface area contributed by atoms with Crippen molar-refractivity contribution >= 4 is 17.9 Å². The second-order valence-corrected chi connectivity index (χ2v) is 7.78. The highest BCUT2D eigenvalue weighted by molar-refractivity contribution is 5.92. The third kappa shape index (κ3) is 5.66. The molecule has 0 unspecified atom stereocenters. The molecule has 0 aromatic heterocycles. The first kappa shape index (κ1) is 21.0. The fourth-order valence-corrected chi connectivity index (χ4v) is 3.86. The molecule has 6 nitrogen and oxygen atoms in total. The van der Waals surface area contributed by atoms with Gasteiger partial charge in [-0.25, -0.2) is 0 Å². The third-order valence-electron chi connectivity index (χ3n) is 5.63. The average Bonchev–Trinajstić information content (AvgIpc) is 2.83. The number of hydrogen-bond acceptors (Lipinski definition) is 4. The van der Waals surface area contributed by atoms with Crippen LogP contribution in [0.15, 0.2) is 54.6 Å². The first-order chi connectivity index (χ1) is 15.2. The van der Waals surface area contributed by atoms with Gasteiger partial charge in [0.05, 0.1) is 0 Å². The quantitative estimate of drug-likeness (QED) is 0.674. The Labute approximate surface area is 183 Å². The molecule has 31 heavy (non-hydrogen) atoms. The van der Waals surface area contributed by atoms with E-state index < -0.39 is 0 Å². The third-order valence-corrected chi connectivity index (χ3v) is 5.63. The first-order valence-corrected chi connectivity index (χ1v) is 10.9. The lowest BCUT2D eigenvalue weighted by Crippen LogP contribution is -2.50. The molecule has 162 valence electrons. The highest BCUT2D eigenvalue weighted by atomic mass is 16.6. The Morgan fingerprint density at radius 2 is 1.58 bits per heavy atom. The minimum Gasteiger partial charge on any atom is -0.486 e. The van der Waals surface area contributed by atoms with Gasteiger partial charge in [-0.1, -0.05) is 36.4 Å². The van der Waals surface area contributed by atoms with Crippen molar-refractivity contribution in [1.29, 1.82) is 0 Å². The summed E-state index contributed by atoms with van der Waals surface area (Å²) in [4.78, 5) is 28.7. The summed E-state index contributed by atoms with van der Waals surface area (Å²) in [6.07, 6.45) is 5.69. The van der Waals surface area contributed by atoms with Crippen molar-refractivity contribution in [1.82, 2.24) is 9.80 Å². The van der Waals surface area contributed by atoms with E-state index in [1.807, 2.05) is 41.3 Å². The van der Waals surface area contributed by atoms with Crippen molar-refractivity contribution in [3.05, 3.63) is 65.7 Å². The predicted octanol–water partition coefficient (Wildman–Crippen LogP) is 3.16. The summed E-state index contributed by atoms with van der Waals surface area (Å²) < 4.78 is 11.1. The summed E-state index contributed by atoms with van der Waals surface area (Å²) in [6.45, 7) is 3.40. The first-order valence-electron chi connectivity index (χ1n) is 10.9. The monoisotopic (exact) mass is 420 g/mol. The summed E-state index contributed by atoms with van der Waals surface area (Å²) >= 11 is 0. The van der Waals surface area contributed by atoms with Crippen LogP contribution in [-0.4, -0.2) is 61.0 Å². The Morgan fingerprint density at radius 3 is 2.35 bits per heavy atom. The molecule has 0 saturated carbocycles. The number of aryl methyl sites for hydroxylation is 1. The number of amides is 2. The molecule has 4 rings (SSSR count).